The van der Waals surface area contributed by atoms with E-state index in [1.165, 1.54) is 31.2 Å². The first-order valence-electron chi connectivity index (χ1n) is 7.54. The summed E-state index contributed by atoms with van der Waals surface area (Å²) in [6, 6.07) is 2.60. The lowest BCUT2D eigenvalue weighted by atomic mass is 10.1. The molecule has 108 valence electrons. The van der Waals surface area contributed by atoms with Crippen molar-refractivity contribution in [2.45, 2.75) is 65.6 Å². The first-order valence-corrected chi connectivity index (χ1v) is 7.54. The molecule has 1 fully saturated rings. The molecule has 3 heteroatoms. The maximum absolute atomic E-state index is 5.84. The van der Waals surface area contributed by atoms with Gasteiger partial charge < -0.3 is 14.5 Å². The summed E-state index contributed by atoms with van der Waals surface area (Å²) in [5.74, 6) is 2.78. The van der Waals surface area contributed by atoms with Gasteiger partial charge in [0.05, 0.1) is 13.2 Å². The molecule has 0 unspecified atom stereocenters. The van der Waals surface area contributed by atoms with Crippen LogP contribution < -0.4 is 5.32 Å². The molecule has 0 aliphatic heterocycles. The Kier molecular flexibility index (Phi) is 5.46. The molecular formula is C16H27NO2. The van der Waals surface area contributed by atoms with E-state index in [0.29, 0.717) is 12.6 Å². The first-order chi connectivity index (χ1) is 9.15. The Labute approximate surface area is 116 Å². The predicted octanol–water partition coefficient (Wildman–Crippen LogP) is 3.79. The van der Waals surface area contributed by atoms with E-state index in [2.05, 4.69) is 25.2 Å². The Morgan fingerprint density at radius 1 is 1.37 bits per heavy atom. The van der Waals surface area contributed by atoms with Crippen molar-refractivity contribution in [3.8, 4) is 0 Å². The summed E-state index contributed by atoms with van der Waals surface area (Å²) in [6.07, 6.45) is 5.44. The quantitative estimate of drug-likeness (QED) is 0.814. The number of rotatable bonds is 7. The van der Waals surface area contributed by atoms with Crippen LogP contribution in [-0.4, -0.2) is 12.6 Å². The normalized spacial score (nSPS) is 16.6. The third kappa shape index (κ3) is 4.66. The summed E-state index contributed by atoms with van der Waals surface area (Å²) in [5.41, 5.74) is 1.19. The van der Waals surface area contributed by atoms with Gasteiger partial charge in [-0.15, -0.1) is 0 Å². The van der Waals surface area contributed by atoms with E-state index in [0.717, 1.165) is 30.6 Å². The Hall–Kier alpha value is -0.800. The molecular weight excluding hydrogens is 238 g/mol. The van der Waals surface area contributed by atoms with E-state index in [4.69, 9.17) is 9.15 Å². The number of aryl methyl sites for hydroxylation is 1. The van der Waals surface area contributed by atoms with Crippen LogP contribution in [0.3, 0.4) is 0 Å². The van der Waals surface area contributed by atoms with Crippen molar-refractivity contribution in [2.24, 2.45) is 5.92 Å². The lowest BCUT2D eigenvalue weighted by Crippen LogP contribution is -2.21. The highest BCUT2D eigenvalue weighted by Gasteiger charge is 2.15. The topological polar surface area (TPSA) is 34.4 Å². The number of nitrogens with one attached hydrogen (secondary N) is 1. The van der Waals surface area contributed by atoms with Crippen molar-refractivity contribution in [1.29, 1.82) is 0 Å². The fraction of sp³-hybridized carbons (Fsp3) is 0.750. The molecule has 1 aromatic heterocycles. The van der Waals surface area contributed by atoms with Crippen LogP contribution in [0.4, 0.5) is 0 Å². The zero-order valence-corrected chi connectivity index (χ0v) is 12.5. The van der Waals surface area contributed by atoms with Gasteiger partial charge in [-0.3, -0.25) is 0 Å². The fourth-order valence-corrected chi connectivity index (χ4v) is 2.64. The zero-order chi connectivity index (χ0) is 13.7. The average molecular weight is 265 g/mol. The fourth-order valence-electron chi connectivity index (χ4n) is 2.64. The van der Waals surface area contributed by atoms with E-state index >= 15 is 0 Å². The molecule has 0 aromatic carbocycles. The van der Waals surface area contributed by atoms with E-state index in [-0.39, 0.29) is 0 Å². The lowest BCUT2D eigenvalue weighted by molar-refractivity contribution is 0.0881. The Balaban J connectivity index is 1.76. The van der Waals surface area contributed by atoms with E-state index < -0.39 is 0 Å². The minimum atomic E-state index is 0.479. The van der Waals surface area contributed by atoms with Gasteiger partial charge in [0.25, 0.3) is 0 Å². The highest BCUT2D eigenvalue weighted by atomic mass is 16.5. The summed E-state index contributed by atoms with van der Waals surface area (Å²) < 4.78 is 11.6. The maximum atomic E-state index is 5.84. The molecule has 1 N–H and O–H groups in total. The number of ether oxygens (including phenoxy) is 1. The number of furan rings is 1. The van der Waals surface area contributed by atoms with Crippen molar-refractivity contribution in [3.05, 3.63) is 23.2 Å². The molecule has 0 saturated heterocycles. The smallest absolute Gasteiger partial charge is 0.118 e. The second-order valence-electron chi connectivity index (χ2n) is 6.00. The van der Waals surface area contributed by atoms with Crippen LogP contribution in [0.1, 0.15) is 56.6 Å². The summed E-state index contributed by atoms with van der Waals surface area (Å²) in [4.78, 5) is 0. The molecule has 1 saturated carbocycles. The zero-order valence-electron chi connectivity index (χ0n) is 12.5. The van der Waals surface area contributed by atoms with Crippen molar-refractivity contribution in [2.75, 3.05) is 6.61 Å². The van der Waals surface area contributed by atoms with E-state index in [9.17, 15) is 0 Å². The van der Waals surface area contributed by atoms with E-state index in [1.54, 1.807) is 0 Å². The Morgan fingerprint density at radius 3 is 2.79 bits per heavy atom. The molecule has 0 amide bonds. The summed E-state index contributed by atoms with van der Waals surface area (Å²) in [6.45, 7) is 8.69. The van der Waals surface area contributed by atoms with Crippen molar-refractivity contribution >= 4 is 0 Å². The van der Waals surface area contributed by atoms with Gasteiger partial charge in [-0.05, 0) is 31.7 Å². The molecule has 2 rings (SSSR count). The highest BCUT2D eigenvalue weighted by molar-refractivity contribution is 5.19. The molecule has 1 aromatic rings. The molecule has 1 aliphatic carbocycles. The average Bonchev–Trinajstić information content (AvgIpc) is 2.98. The van der Waals surface area contributed by atoms with Crippen molar-refractivity contribution in [3.63, 3.8) is 0 Å². The van der Waals surface area contributed by atoms with Crippen LogP contribution in [0.5, 0.6) is 0 Å². The van der Waals surface area contributed by atoms with Crippen molar-refractivity contribution in [1.82, 2.24) is 5.32 Å². The molecule has 19 heavy (non-hydrogen) atoms. The summed E-state index contributed by atoms with van der Waals surface area (Å²) >= 11 is 0. The third-order valence-corrected chi connectivity index (χ3v) is 3.84. The van der Waals surface area contributed by atoms with Gasteiger partial charge in [-0.2, -0.15) is 0 Å². The standard InChI is InChI=1S/C16H27NO2/c1-12(2)17-9-16-8-15(13(3)19-16)11-18-10-14-6-4-5-7-14/h8,12,14,17H,4-7,9-11H2,1-3H3. The molecule has 0 atom stereocenters. The van der Waals surface area contributed by atoms with Crippen LogP contribution >= 0.6 is 0 Å². The Morgan fingerprint density at radius 2 is 2.11 bits per heavy atom. The lowest BCUT2D eigenvalue weighted by Gasteiger charge is -2.09. The van der Waals surface area contributed by atoms with Gasteiger partial charge in [0.1, 0.15) is 11.5 Å². The van der Waals surface area contributed by atoms with Crippen LogP contribution in [0.2, 0.25) is 0 Å². The van der Waals surface area contributed by atoms with Gasteiger partial charge in [0.2, 0.25) is 0 Å². The van der Waals surface area contributed by atoms with Crippen molar-refractivity contribution < 1.29 is 9.15 Å². The number of hydrogen-bond donors (Lipinski definition) is 1. The second kappa shape index (κ2) is 7.11. The van der Waals surface area contributed by atoms with Gasteiger partial charge >= 0.3 is 0 Å². The molecule has 0 radical (unpaired) electrons. The maximum Gasteiger partial charge on any atom is 0.118 e. The SMILES string of the molecule is Cc1oc(CNC(C)C)cc1COCC1CCCC1. The van der Waals surface area contributed by atoms with Gasteiger partial charge in [-0.1, -0.05) is 26.7 Å². The van der Waals surface area contributed by atoms with Gasteiger partial charge in [0.15, 0.2) is 0 Å². The number of hydrogen-bond acceptors (Lipinski definition) is 3. The largest absolute Gasteiger partial charge is 0.465 e. The van der Waals surface area contributed by atoms with Crippen LogP contribution in [0, 0.1) is 12.8 Å². The highest BCUT2D eigenvalue weighted by Crippen LogP contribution is 2.25. The minimum absolute atomic E-state index is 0.479. The Bertz CT molecular complexity index is 378. The van der Waals surface area contributed by atoms with Crippen LogP contribution in [-0.2, 0) is 17.9 Å². The van der Waals surface area contributed by atoms with Crippen LogP contribution in [0.25, 0.3) is 0 Å². The van der Waals surface area contributed by atoms with Crippen LogP contribution in [0.15, 0.2) is 10.5 Å². The molecule has 1 aliphatic rings. The third-order valence-electron chi connectivity index (χ3n) is 3.84. The summed E-state index contributed by atoms with van der Waals surface area (Å²) in [5, 5.41) is 3.37. The molecule has 3 nitrogen and oxygen atoms in total. The summed E-state index contributed by atoms with van der Waals surface area (Å²) in [7, 11) is 0. The van der Waals surface area contributed by atoms with Gasteiger partial charge in [-0.25, -0.2) is 0 Å². The van der Waals surface area contributed by atoms with Gasteiger partial charge in [0, 0.05) is 18.2 Å². The second-order valence-corrected chi connectivity index (χ2v) is 6.00. The van der Waals surface area contributed by atoms with E-state index in [1.807, 2.05) is 6.92 Å². The molecule has 1 heterocycles. The molecule has 0 spiro atoms. The monoisotopic (exact) mass is 265 g/mol. The minimum Gasteiger partial charge on any atom is -0.465 e. The first kappa shape index (κ1) is 14.6. The molecule has 0 bridgehead atoms. The predicted molar refractivity (Wildman–Crippen MR) is 77.0 cm³/mol.